The van der Waals surface area contributed by atoms with Crippen molar-refractivity contribution in [2.45, 2.75) is 24.4 Å². The van der Waals surface area contributed by atoms with Crippen LogP contribution in [0.2, 0.25) is 0 Å². The van der Waals surface area contributed by atoms with Gasteiger partial charge in [0.25, 0.3) is 0 Å². The monoisotopic (exact) mass is 333 g/mol. The van der Waals surface area contributed by atoms with Crippen molar-refractivity contribution >= 4 is 9.84 Å². The van der Waals surface area contributed by atoms with Crippen molar-refractivity contribution in [1.29, 1.82) is 0 Å². The smallest absolute Gasteiger partial charge is 0.179 e. The van der Waals surface area contributed by atoms with Gasteiger partial charge in [0.05, 0.1) is 17.3 Å². The standard InChI is InChI=1S/C18H23NO3S/c1-16(15-20)19(14-17-8-4-2-5-9-17)12-13-23(21,22)18-10-6-3-7-11-18/h2-11,16,20H,12-15H2,1H3/t16-/m1/s1. The third-order valence-electron chi connectivity index (χ3n) is 3.87. The molecule has 1 atom stereocenters. The summed E-state index contributed by atoms with van der Waals surface area (Å²) in [4.78, 5) is 2.34. The molecule has 23 heavy (non-hydrogen) atoms. The first-order valence-electron chi connectivity index (χ1n) is 7.69. The Morgan fingerprint density at radius 3 is 2.13 bits per heavy atom. The summed E-state index contributed by atoms with van der Waals surface area (Å²) in [6.07, 6.45) is 0. The summed E-state index contributed by atoms with van der Waals surface area (Å²) >= 11 is 0. The fraction of sp³-hybridized carbons (Fsp3) is 0.333. The van der Waals surface area contributed by atoms with Crippen LogP contribution in [0.5, 0.6) is 0 Å². The maximum absolute atomic E-state index is 12.4. The molecule has 2 rings (SSSR count). The summed E-state index contributed by atoms with van der Waals surface area (Å²) in [7, 11) is -3.31. The highest BCUT2D eigenvalue weighted by molar-refractivity contribution is 7.91. The zero-order valence-corrected chi connectivity index (χ0v) is 14.1. The first kappa shape index (κ1) is 17.7. The molecule has 0 aromatic heterocycles. The quantitative estimate of drug-likeness (QED) is 0.806. The van der Waals surface area contributed by atoms with Crippen LogP contribution < -0.4 is 0 Å². The molecule has 2 aromatic rings. The van der Waals surface area contributed by atoms with Gasteiger partial charge in [-0.1, -0.05) is 48.5 Å². The van der Waals surface area contributed by atoms with Gasteiger partial charge in [-0.2, -0.15) is 0 Å². The molecule has 0 aliphatic heterocycles. The van der Waals surface area contributed by atoms with Crippen molar-refractivity contribution in [3.63, 3.8) is 0 Å². The summed E-state index contributed by atoms with van der Waals surface area (Å²) in [5, 5.41) is 9.44. The second kappa shape index (κ2) is 8.24. The van der Waals surface area contributed by atoms with Gasteiger partial charge >= 0.3 is 0 Å². The van der Waals surface area contributed by atoms with Crippen molar-refractivity contribution in [2.75, 3.05) is 18.9 Å². The normalized spacial score (nSPS) is 13.2. The van der Waals surface area contributed by atoms with Gasteiger partial charge in [0.15, 0.2) is 9.84 Å². The zero-order chi connectivity index (χ0) is 16.7. The molecule has 0 heterocycles. The summed E-state index contributed by atoms with van der Waals surface area (Å²) in [5.74, 6) is 0.0359. The van der Waals surface area contributed by atoms with Gasteiger partial charge in [-0.25, -0.2) is 8.42 Å². The lowest BCUT2D eigenvalue weighted by atomic mass is 10.2. The second-order valence-electron chi connectivity index (χ2n) is 5.62. The van der Waals surface area contributed by atoms with Crippen LogP contribution in [0.25, 0.3) is 0 Å². The number of hydrogen-bond donors (Lipinski definition) is 1. The van der Waals surface area contributed by atoms with E-state index in [1.54, 1.807) is 30.3 Å². The van der Waals surface area contributed by atoms with E-state index >= 15 is 0 Å². The van der Waals surface area contributed by atoms with Gasteiger partial charge in [0, 0.05) is 19.1 Å². The van der Waals surface area contributed by atoms with Crippen LogP contribution in [0.3, 0.4) is 0 Å². The molecule has 2 aromatic carbocycles. The fourth-order valence-electron chi connectivity index (χ4n) is 2.37. The van der Waals surface area contributed by atoms with Crippen molar-refractivity contribution < 1.29 is 13.5 Å². The minimum atomic E-state index is -3.31. The van der Waals surface area contributed by atoms with Crippen LogP contribution in [0.15, 0.2) is 65.6 Å². The Morgan fingerprint density at radius 2 is 1.57 bits per heavy atom. The Kier molecular flexibility index (Phi) is 6.33. The van der Waals surface area contributed by atoms with E-state index in [0.717, 1.165) is 5.56 Å². The van der Waals surface area contributed by atoms with Crippen LogP contribution in [-0.2, 0) is 16.4 Å². The molecule has 0 aliphatic carbocycles. The van der Waals surface area contributed by atoms with E-state index in [0.29, 0.717) is 18.0 Å². The number of rotatable bonds is 8. The van der Waals surface area contributed by atoms with Crippen molar-refractivity contribution in [3.8, 4) is 0 Å². The Morgan fingerprint density at radius 1 is 1.00 bits per heavy atom. The fourth-order valence-corrected chi connectivity index (χ4v) is 3.65. The highest BCUT2D eigenvalue weighted by atomic mass is 32.2. The Labute approximate surface area is 138 Å². The van der Waals surface area contributed by atoms with Crippen LogP contribution in [0.4, 0.5) is 0 Å². The Hall–Kier alpha value is -1.69. The predicted octanol–water partition coefficient (Wildman–Crippen LogP) is 2.34. The van der Waals surface area contributed by atoms with Gasteiger partial charge in [0.2, 0.25) is 0 Å². The molecule has 5 heteroatoms. The summed E-state index contributed by atoms with van der Waals surface area (Å²) in [6.45, 7) is 2.90. The van der Waals surface area contributed by atoms with Gasteiger partial charge in [0.1, 0.15) is 0 Å². The number of aliphatic hydroxyl groups is 1. The molecule has 0 radical (unpaired) electrons. The number of aliphatic hydroxyl groups excluding tert-OH is 1. The molecular weight excluding hydrogens is 310 g/mol. The lowest BCUT2D eigenvalue weighted by Gasteiger charge is -2.27. The van der Waals surface area contributed by atoms with Crippen molar-refractivity contribution in [2.24, 2.45) is 0 Å². The third kappa shape index (κ3) is 5.16. The first-order valence-corrected chi connectivity index (χ1v) is 9.35. The molecule has 0 unspecified atom stereocenters. The maximum Gasteiger partial charge on any atom is 0.179 e. The average molecular weight is 333 g/mol. The molecule has 1 N–H and O–H groups in total. The van der Waals surface area contributed by atoms with E-state index < -0.39 is 9.84 Å². The van der Waals surface area contributed by atoms with Gasteiger partial charge in [-0.05, 0) is 24.6 Å². The molecule has 0 aliphatic rings. The number of hydrogen-bond acceptors (Lipinski definition) is 4. The highest BCUT2D eigenvalue weighted by Gasteiger charge is 2.19. The number of sulfone groups is 1. The minimum Gasteiger partial charge on any atom is -0.395 e. The lowest BCUT2D eigenvalue weighted by molar-refractivity contribution is 0.134. The summed E-state index contributed by atoms with van der Waals surface area (Å²) < 4.78 is 24.8. The van der Waals surface area contributed by atoms with Gasteiger partial charge < -0.3 is 5.11 Å². The van der Waals surface area contributed by atoms with Crippen LogP contribution in [0.1, 0.15) is 12.5 Å². The van der Waals surface area contributed by atoms with E-state index in [1.165, 1.54) is 0 Å². The summed E-state index contributed by atoms with van der Waals surface area (Å²) in [5.41, 5.74) is 1.10. The molecule has 0 bridgehead atoms. The molecule has 124 valence electrons. The number of nitrogens with zero attached hydrogens (tertiary/aromatic N) is 1. The first-order chi connectivity index (χ1) is 11.0. The minimum absolute atomic E-state index is 0.00177. The van der Waals surface area contributed by atoms with Crippen LogP contribution in [-0.4, -0.2) is 43.4 Å². The maximum atomic E-state index is 12.4. The number of benzene rings is 2. The molecular formula is C18H23NO3S. The predicted molar refractivity (Wildman–Crippen MR) is 91.9 cm³/mol. The SMILES string of the molecule is C[C@H](CO)N(CCS(=O)(=O)c1ccccc1)Cc1ccccc1. The lowest BCUT2D eigenvalue weighted by Crippen LogP contribution is -2.38. The van der Waals surface area contributed by atoms with Crippen molar-refractivity contribution in [1.82, 2.24) is 4.90 Å². The summed E-state index contributed by atoms with van der Waals surface area (Å²) in [6, 6.07) is 18.3. The highest BCUT2D eigenvalue weighted by Crippen LogP contribution is 2.13. The largest absolute Gasteiger partial charge is 0.395 e. The Bertz CT molecular complexity index is 687. The van der Waals surface area contributed by atoms with Crippen LogP contribution >= 0.6 is 0 Å². The van der Waals surface area contributed by atoms with Crippen molar-refractivity contribution in [3.05, 3.63) is 66.2 Å². The van der Waals surface area contributed by atoms with E-state index in [2.05, 4.69) is 0 Å². The topological polar surface area (TPSA) is 57.6 Å². The second-order valence-corrected chi connectivity index (χ2v) is 7.73. The van der Waals surface area contributed by atoms with E-state index in [4.69, 9.17) is 0 Å². The average Bonchev–Trinajstić information content (AvgIpc) is 2.59. The molecule has 0 amide bonds. The van der Waals surface area contributed by atoms with E-state index in [1.807, 2.05) is 42.2 Å². The Balaban J connectivity index is 2.06. The van der Waals surface area contributed by atoms with E-state index in [-0.39, 0.29) is 18.4 Å². The van der Waals surface area contributed by atoms with Crippen LogP contribution in [0, 0.1) is 0 Å². The molecule has 0 spiro atoms. The zero-order valence-electron chi connectivity index (χ0n) is 13.3. The van der Waals surface area contributed by atoms with Gasteiger partial charge in [-0.3, -0.25) is 4.90 Å². The molecule has 0 saturated heterocycles. The molecule has 0 fully saturated rings. The van der Waals surface area contributed by atoms with Gasteiger partial charge in [-0.15, -0.1) is 0 Å². The third-order valence-corrected chi connectivity index (χ3v) is 5.58. The molecule has 4 nitrogen and oxygen atoms in total. The molecule has 0 saturated carbocycles. The van der Waals surface area contributed by atoms with E-state index in [9.17, 15) is 13.5 Å².